The van der Waals surface area contributed by atoms with Crippen molar-refractivity contribution in [3.05, 3.63) is 115 Å². The topological polar surface area (TPSA) is 30.2 Å². The Morgan fingerprint density at radius 2 is 1.03 bits per heavy atom. The number of aromatic nitrogens is 2. The zero-order chi connectivity index (χ0) is 27.1. The smallest absolute Gasteiger partial charge is 0.187 e. The minimum Gasteiger partial charge on any atom is -0.318 e. The lowest BCUT2D eigenvalue weighted by atomic mass is 9.94. The van der Waals surface area contributed by atoms with Crippen LogP contribution in [-0.2, 0) is 4.79 Å². The highest BCUT2D eigenvalue weighted by atomic mass is 79.9. The number of hydrogen-bond acceptors (Lipinski definition) is 2. The third-order valence-electron chi connectivity index (χ3n) is 7.23. The van der Waals surface area contributed by atoms with Crippen LogP contribution in [0.15, 0.2) is 80.8 Å². The summed E-state index contributed by atoms with van der Waals surface area (Å²) in [6.07, 6.45) is 4.16. The first-order valence-corrected chi connectivity index (χ1v) is 14.2. The molecule has 1 aliphatic heterocycles. The Morgan fingerprint density at radius 1 is 0.658 bits per heavy atom. The van der Waals surface area contributed by atoms with Gasteiger partial charge < -0.3 is 9.13 Å². The summed E-state index contributed by atoms with van der Waals surface area (Å²) >= 11 is 7.04. The number of benzene rings is 2. The maximum atomic E-state index is 13.7. The third kappa shape index (κ3) is 5.18. The van der Waals surface area contributed by atoms with Crippen LogP contribution in [0.25, 0.3) is 23.5 Å². The Labute approximate surface area is 241 Å². The van der Waals surface area contributed by atoms with Gasteiger partial charge in [0.05, 0.1) is 0 Å². The zero-order valence-corrected chi connectivity index (χ0v) is 25.5. The molecule has 0 unspecified atom stereocenters. The number of piperidine rings is 1. The monoisotopic (exact) mass is 631 g/mol. The van der Waals surface area contributed by atoms with Gasteiger partial charge >= 0.3 is 0 Å². The first-order valence-electron chi connectivity index (χ1n) is 12.7. The summed E-state index contributed by atoms with van der Waals surface area (Å²) in [4.78, 5) is 15.9. The van der Waals surface area contributed by atoms with E-state index >= 15 is 0 Å². The van der Waals surface area contributed by atoms with Crippen LogP contribution in [0.5, 0.6) is 0 Å². The number of likely N-dealkylation sites (N-methyl/N-ethyl adjacent to an activating group) is 1. The molecule has 194 valence electrons. The molecule has 1 saturated heterocycles. The molecule has 38 heavy (non-hydrogen) atoms. The largest absolute Gasteiger partial charge is 0.318 e. The van der Waals surface area contributed by atoms with Crippen LogP contribution in [0, 0.1) is 27.7 Å². The van der Waals surface area contributed by atoms with E-state index in [2.05, 4.69) is 153 Å². The lowest BCUT2D eigenvalue weighted by molar-refractivity contribution is -0.113. The van der Waals surface area contributed by atoms with E-state index in [1.807, 2.05) is 0 Å². The van der Waals surface area contributed by atoms with E-state index in [9.17, 15) is 4.79 Å². The summed E-state index contributed by atoms with van der Waals surface area (Å²) in [5.41, 5.74) is 10.6. The van der Waals surface area contributed by atoms with Gasteiger partial charge in [-0.05, 0) is 119 Å². The van der Waals surface area contributed by atoms with Crippen molar-refractivity contribution in [2.45, 2.75) is 27.7 Å². The number of aryl methyl sites for hydroxylation is 2. The van der Waals surface area contributed by atoms with Gasteiger partial charge in [0.15, 0.2) is 5.78 Å². The van der Waals surface area contributed by atoms with Crippen molar-refractivity contribution in [2.24, 2.45) is 0 Å². The van der Waals surface area contributed by atoms with Crippen molar-refractivity contribution in [1.82, 2.24) is 14.0 Å². The Kier molecular flexibility index (Phi) is 7.49. The average Bonchev–Trinajstić information content (AvgIpc) is 3.31. The van der Waals surface area contributed by atoms with Crippen LogP contribution < -0.4 is 0 Å². The van der Waals surface area contributed by atoms with Crippen molar-refractivity contribution in [3.63, 3.8) is 0 Å². The maximum absolute atomic E-state index is 13.7. The lowest BCUT2D eigenvalue weighted by Crippen LogP contribution is -2.34. The quantitative estimate of drug-likeness (QED) is 0.213. The van der Waals surface area contributed by atoms with Gasteiger partial charge in [0, 0.05) is 67.3 Å². The third-order valence-corrected chi connectivity index (χ3v) is 8.29. The molecule has 0 spiro atoms. The minimum absolute atomic E-state index is 0.130. The number of likely N-dealkylation sites (tertiary alicyclic amines) is 1. The molecule has 3 heterocycles. The van der Waals surface area contributed by atoms with E-state index in [0.717, 1.165) is 65.4 Å². The van der Waals surface area contributed by atoms with Crippen LogP contribution in [0.3, 0.4) is 0 Å². The van der Waals surface area contributed by atoms with Gasteiger partial charge in [-0.1, -0.05) is 31.9 Å². The standard InChI is InChI=1S/C32H31Br2N3O/c1-20-14-24(22(3)36(20)30-10-6-28(33)7-11-30)16-26-18-35(5)19-27(32(26)38)17-25-15-21(2)37(23(25)4)31-12-8-29(34)9-13-31/h6-17H,18-19H2,1-5H3/b26-16-,27-17-. The molecule has 4 nitrogen and oxygen atoms in total. The summed E-state index contributed by atoms with van der Waals surface area (Å²) in [6.45, 7) is 9.72. The molecule has 2 aromatic carbocycles. The molecule has 4 aromatic rings. The Morgan fingerprint density at radius 3 is 1.39 bits per heavy atom. The molecule has 0 atom stereocenters. The van der Waals surface area contributed by atoms with Crippen molar-refractivity contribution in [2.75, 3.05) is 20.1 Å². The number of ketones is 1. The summed E-state index contributed by atoms with van der Waals surface area (Å²) in [7, 11) is 2.07. The van der Waals surface area contributed by atoms with E-state index in [4.69, 9.17) is 0 Å². The highest BCUT2D eigenvalue weighted by molar-refractivity contribution is 9.10. The Balaban J connectivity index is 1.49. The average molecular weight is 633 g/mol. The number of Topliss-reactive ketones (excluding diaryl/α,β-unsaturated/α-hetero) is 1. The maximum Gasteiger partial charge on any atom is 0.187 e. The molecule has 0 bridgehead atoms. The van der Waals surface area contributed by atoms with Crippen LogP contribution in [0.1, 0.15) is 33.9 Å². The Bertz CT molecular complexity index is 1470. The van der Waals surface area contributed by atoms with E-state index in [0.29, 0.717) is 13.1 Å². The van der Waals surface area contributed by atoms with Gasteiger partial charge in [0.1, 0.15) is 0 Å². The normalized spacial score (nSPS) is 16.7. The van der Waals surface area contributed by atoms with Crippen molar-refractivity contribution in [1.29, 1.82) is 0 Å². The zero-order valence-electron chi connectivity index (χ0n) is 22.3. The van der Waals surface area contributed by atoms with Crippen molar-refractivity contribution < 1.29 is 4.79 Å². The van der Waals surface area contributed by atoms with Gasteiger partial charge in [0.25, 0.3) is 0 Å². The van der Waals surface area contributed by atoms with Crippen LogP contribution in [-0.4, -0.2) is 40.0 Å². The first kappa shape index (κ1) is 26.7. The number of rotatable bonds is 4. The fraction of sp³-hybridized carbons (Fsp3) is 0.219. The van der Waals surface area contributed by atoms with Gasteiger partial charge in [-0.3, -0.25) is 9.69 Å². The molecule has 0 saturated carbocycles. The van der Waals surface area contributed by atoms with Gasteiger partial charge in [-0.15, -0.1) is 0 Å². The summed E-state index contributed by atoms with van der Waals surface area (Å²) in [5, 5.41) is 0. The van der Waals surface area contributed by atoms with E-state index in [1.165, 1.54) is 0 Å². The second-order valence-electron chi connectivity index (χ2n) is 10.1. The van der Waals surface area contributed by atoms with E-state index < -0.39 is 0 Å². The summed E-state index contributed by atoms with van der Waals surface area (Å²) in [6, 6.07) is 21.0. The second kappa shape index (κ2) is 10.7. The molecular formula is C32H31Br2N3O. The first-order chi connectivity index (χ1) is 18.1. The fourth-order valence-corrected chi connectivity index (χ4v) is 5.96. The molecule has 0 aliphatic carbocycles. The fourth-order valence-electron chi connectivity index (χ4n) is 5.43. The molecular weight excluding hydrogens is 602 g/mol. The molecule has 6 heteroatoms. The summed E-state index contributed by atoms with van der Waals surface area (Å²) < 4.78 is 6.59. The van der Waals surface area contributed by atoms with E-state index in [-0.39, 0.29) is 5.78 Å². The number of nitrogens with zero attached hydrogens (tertiary/aromatic N) is 3. The highest BCUT2D eigenvalue weighted by Crippen LogP contribution is 2.29. The molecule has 0 amide bonds. The molecule has 1 aliphatic rings. The summed E-state index contributed by atoms with van der Waals surface area (Å²) in [5.74, 6) is 0.130. The molecule has 5 rings (SSSR count). The number of carbonyl (C=O) groups is 1. The van der Waals surface area contributed by atoms with Gasteiger partial charge in [0.2, 0.25) is 0 Å². The molecule has 1 fully saturated rings. The van der Waals surface area contributed by atoms with Crippen LogP contribution in [0.4, 0.5) is 0 Å². The van der Waals surface area contributed by atoms with Gasteiger partial charge in [-0.2, -0.15) is 0 Å². The number of hydrogen-bond donors (Lipinski definition) is 0. The molecule has 0 N–H and O–H groups in total. The van der Waals surface area contributed by atoms with Crippen molar-refractivity contribution in [3.8, 4) is 11.4 Å². The molecule has 0 radical (unpaired) electrons. The molecule has 2 aromatic heterocycles. The second-order valence-corrected chi connectivity index (χ2v) is 11.9. The SMILES string of the molecule is Cc1cc(/C=C2/CN(C)C/C(=C/c3cc(C)n(-c4ccc(Br)cc4)c3C)C2=O)c(C)n1-c1ccc(Br)cc1. The highest BCUT2D eigenvalue weighted by Gasteiger charge is 2.25. The van der Waals surface area contributed by atoms with Crippen LogP contribution >= 0.6 is 31.9 Å². The Hall–Kier alpha value is -2.93. The van der Waals surface area contributed by atoms with Crippen molar-refractivity contribution >= 4 is 49.8 Å². The number of carbonyl (C=O) groups excluding carboxylic acids is 1. The minimum atomic E-state index is 0.130. The number of halogens is 2. The predicted octanol–water partition coefficient (Wildman–Crippen LogP) is 8.01. The lowest BCUT2D eigenvalue weighted by Gasteiger charge is -2.26. The van der Waals surface area contributed by atoms with Crippen LogP contribution in [0.2, 0.25) is 0 Å². The predicted molar refractivity (Wildman–Crippen MR) is 164 cm³/mol. The van der Waals surface area contributed by atoms with E-state index in [1.54, 1.807) is 0 Å². The van der Waals surface area contributed by atoms with Gasteiger partial charge in [-0.25, -0.2) is 0 Å².